The summed E-state index contributed by atoms with van der Waals surface area (Å²) in [6.07, 6.45) is 6.17. The summed E-state index contributed by atoms with van der Waals surface area (Å²) in [6.45, 7) is 1.28. The van der Waals surface area contributed by atoms with Crippen molar-refractivity contribution in [1.82, 2.24) is 28.0 Å². The molecule has 4 fully saturated rings. The second kappa shape index (κ2) is 19.4. The Morgan fingerprint density at radius 3 is 1.48 bits per heavy atom. The Kier molecular flexibility index (Phi) is 14.5. The van der Waals surface area contributed by atoms with Gasteiger partial charge in [-0.2, -0.15) is 34.9 Å². The van der Waals surface area contributed by atoms with Crippen LogP contribution in [-0.2, 0) is 39.5 Å². The summed E-state index contributed by atoms with van der Waals surface area (Å²) in [5, 5.41) is 9.70. The maximum absolute atomic E-state index is 13.4. The summed E-state index contributed by atoms with van der Waals surface area (Å²) in [6, 6.07) is 4.37. The van der Waals surface area contributed by atoms with Gasteiger partial charge in [-0.15, -0.1) is 22.7 Å². The van der Waals surface area contributed by atoms with Crippen molar-refractivity contribution < 1.29 is 44.7 Å². The Hall–Kier alpha value is -3.26. The van der Waals surface area contributed by atoms with Crippen molar-refractivity contribution in [3.8, 4) is 0 Å². The number of hydrogen-bond acceptors (Lipinski definition) is 12. The molecule has 8 rings (SSSR count). The molecule has 16 nitrogen and oxygen atoms in total. The molecule has 4 N–H and O–H groups in total. The number of thiazole rings is 2. The number of benzene rings is 2. The van der Waals surface area contributed by atoms with E-state index in [0.29, 0.717) is 23.2 Å². The minimum atomic E-state index is -3.96. The average Bonchev–Trinajstić information content (AvgIpc) is 4.05. The maximum Gasteiger partial charge on any atom is 0.280 e. The van der Waals surface area contributed by atoms with E-state index in [2.05, 4.69) is 30.0 Å². The Balaban J connectivity index is 0.000000181. The molecule has 0 radical (unpaired) electrons. The van der Waals surface area contributed by atoms with Gasteiger partial charge in [-0.25, -0.2) is 18.7 Å². The average molecular weight is 950 g/mol. The number of amides is 2. The van der Waals surface area contributed by atoms with E-state index in [0.717, 1.165) is 46.4 Å². The number of nitrogens with one attached hydrogen (secondary N) is 4. The highest BCUT2D eigenvalue weighted by molar-refractivity contribution is 7.87. The van der Waals surface area contributed by atoms with E-state index in [1.807, 2.05) is 0 Å². The number of rotatable bonds is 10. The number of nitrogens with zero attached hydrogens (tertiary/aromatic N) is 4. The second-order valence-corrected chi connectivity index (χ2v) is 20.2. The monoisotopic (exact) mass is 948 g/mol. The fourth-order valence-electron chi connectivity index (χ4n) is 7.23. The molecule has 2 aromatic heterocycles. The SMILES string of the molecule is O=C(Nc1ccc(F)c(Cl)c1)C1CC(c2nccs2)NS(=O)(=O)N1CC1CCCO1.O=C(Nc1ccc(F)c(Cl)c1)C1CC(c2nccs2)NS(=O)(=O)N1CC1CCCO1. The molecule has 4 aliphatic heterocycles. The van der Waals surface area contributed by atoms with Crippen LogP contribution in [0.2, 0.25) is 10.0 Å². The summed E-state index contributed by atoms with van der Waals surface area (Å²) in [5.41, 5.74) is 0.565. The molecule has 4 aliphatic rings. The van der Waals surface area contributed by atoms with Crippen molar-refractivity contribution in [3.63, 3.8) is 0 Å². The van der Waals surface area contributed by atoms with Crippen molar-refractivity contribution >= 4 is 89.5 Å². The first-order valence-corrected chi connectivity index (χ1v) is 24.2. The first-order valence-electron chi connectivity index (χ1n) is 18.8. The zero-order chi connectivity index (χ0) is 42.6. The van der Waals surface area contributed by atoms with Gasteiger partial charge >= 0.3 is 0 Å². The zero-order valence-corrected chi connectivity index (χ0v) is 36.3. The van der Waals surface area contributed by atoms with Crippen molar-refractivity contribution in [2.75, 3.05) is 36.9 Å². The number of carbonyl (C=O) groups is 2. The molecule has 324 valence electrons. The van der Waals surface area contributed by atoms with Gasteiger partial charge in [-0.05, 0) is 74.9 Å². The van der Waals surface area contributed by atoms with Crippen LogP contribution in [0.25, 0.3) is 0 Å². The van der Waals surface area contributed by atoms with Crippen LogP contribution < -0.4 is 20.1 Å². The van der Waals surface area contributed by atoms with E-state index in [4.69, 9.17) is 32.7 Å². The van der Waals surface area contributed by atoms with E-state index in [1.165, 1.54) is 46.9 Å². The molecule has 2 amide bonds. The van der Waals surface area contributed by atoms with Crippen LogP contribution >= 0.6 is 45.9 Å². The first kappa shape index (κ1) is 44.8. The van der Waals surface area contributed by atoms with E-state index in [9.17, 15) is 35.2 Å². The van der Waals surface area contributed by atoms with Gasteiger partial charge in [0.15, 0.2) is 0 Å². The molecule has 0 bridgehead atoms. The fraction of sp³-hybridized carbons (Fsp3) is 0.444. The van der Waals surface area contributed by atoms with E-state index < -0.39 is 68.0 Å². The molecule has 60 heavy (non-hydrogen) atoms. The minimum absolute atomic E-state index is 0.0716. The number of halogens is 4. The van der Waals surface area contributed by atoms with Gasteiger partial charge in [0.2, 0.25) is 11.8 Å². The maximum atomic E-state index is 13.4. The quantitative estimate of drug-likeness (QED) is 0.160. The minimum Gasteiger partial charge on any atom is -0.377 e. The molecule has 6 heterocycles. The molecule has 24 heteroatoms. The van der Waals surface area contributed by atoms with E-state index >= 15 is 0 Å². The van der Waals surface area contributed by atoms with Crippen LogP contribution in [0.5, 0.6) is 0 Å². The van der Waals surface area contributed by atoms with Gasteiger partial charge in [0.25, 0.3) is 20.4 Å². The normalized spacial score (nSPS) is 26.5. The van der Waals surface area contributed by atoms with Gasteiger partial charge < -0.3 is 20.1 Å². The number of ether oxygens (including phenoxy) is 2. The molecule has 2 aromatic carbocycles. The number of hydrogen-bond donors (Lipinski definition) is 4. The Morgan fingerprint density at radius 1 is 0.733 bits per heavy atom. The molecular formula is C36H40Cl2F2N8O8S4. The Bertz CT molecular complexity index is 2190. The molecule has 0 saturated carbocycles. The third kappa shape index (κ3) is 10.8. The van der Waals surface area contributed by atoms with Gasteiger partial charge in [-0.1, -0.05) is 23.2 Å². The Labute approximate surface area is 363 Å². The molecule has 6 unspecified atom stereocenters. The predicted octanol–water partition coefficient (Wildman–Crippen LogP) is 5.41. The third-order valence-corrected chi connectivity index (χ3v) is 15.7. The van der Waals surface area contributed by atoms with Crippen molar-refractivity contribution in [3.05, 3.63) is 91.2 Å². The molecule has 0 aliphatic carbocycles. The lowest BCUT2D eigenvalue weighted by molar-refractivity contribution is -0.121. The highest BCUT2D eigenvalue weighted by Gasteiger charge is 2.46. The summed E-state index contributed by atoms with van der Waals surface area (Å²) >= 11 is 14.2. The van der Waals surface area contributed by atoms with Crippen LogP contribution in [0.1, 0.15) is 60.6 Å². The highest BCUT2D eigenvalue weighted by atomic mass is 35.5. The molecular weight excluding hydrogens is 910 g/mol. The standard InChI is InChI=1S/2C18H20ClFN4O4S2/c2*19-13-8-11(3-4-14(13)20)22-17(25)16-9-15(18-21-5-7-29-18)23-30(26,27)24(16)10-12-2-1-6-28-12/h2*3-5,7-8,12,15-16,23H,1-2,6,9-10H2,(H,22,25). The molecule has 6 atom stereocenters. The smallest absolute Gasteiger partial charge is 0.280 e. The molecule has 4 aromatic rings. The lowest BCUT2D eigenvalue weighted by atomic mass is 10.1. The predicted molar refractivity (Wildman–Crippen MR) is 222 cm³/mol. The van der Waals surface area contributed by atoms with Crippen LogP contribution in [0.3, 0.4) is 0 Å². The highest BCUT2D eigenvalue weighted by Crippen LogP contribution is 2.34. The van der Waals surface area contributed by atoms with Gasteiger partial charge in [-0.3, -0.25) is 9.59 Å². The zero-order valence-electron chi connectivity index (χ0n) is 31.5. The van der Waals surface area contributed by atoms with E-state index in [1.54, 1.807) is 23.2 Å². The number of carbonyl (C=O) groups excluding carboxylic acids is 2. The third-order valence-electron chi connectivity index (χ3n) is 10.1. The van der Waals surface area contributed by atoms with Crippen LogP contribution in [0.15, 0.2) is 59.6 Å². The van der Waals surface area contributed by atoms with Crippen molar-refractivity contribution in [2.45, 2.75) is 74.9 Å². The topological polar surface area (TPSA) is 201 Å². The van der Waals surface area contributed by atoms with Crippen molar-refractivity contribution in [2.24, 2.45) is 0 Å². The van der Waals surface area contributed by atoms with Crippen LogP contribution in [0.4, 0.5) is 20.2 Å². The number of anilines is 2. The van der Waals surface area contributed by atoms with E-state index in [-0.39, 0.29) is 59.6 Å². The summed E-state index contributed by atoms with van der Waals surface area (Å²) < 4.78 is 97.7. The summed E-state index contributed by atoms with van der Waals surface area (Å²) in [7, 11) is -7.93. The number of aromatic nitrogens is 2. The summed E-state index contributed by atoms with van der Waals surface area (Å²) in [5.74, 6) is -2.27. The second-order valence-electron chi connectivity index (χ2n) is 14.2. The lowest BCUT2D eigenvalue weighted by Crippen LogP contribution is -2.59. The molecule has 4 saturated heterocycles. The van der Waals surface area contributed by atoms with Crippen LogP contribution in [-0.4, -0.2) is 97.8 Å². The fourth-order valence-corrected chi connectivity index (χ4v) is 12.3. The van der Waals surface area contributed by atoms with Gasteiger partial charge in [0.05, 0.1) is 34.3 Å². The van der Waals surface area contributed by atoms with Crippen molar-refractivity contribution in [1.29, 1.82) is 0 Å². The molecule has 0 spiro atoms. The first-order chi connectivity index (χ1) is 28.7. The van der Waals surface area contributed by atoms with Gasteiger partial charge in [0, 0.05) is 60.8 Å². The van der Waals surface area contributed by atoms with Gasteiger partial charge in [0.1, 0.15) is 33.7 Å². The Morgan fingerprint density at radius 2 is 1.15 bits per heavy atom. The largest absolute Gasteiger partial charge is 0.377 e. The van der Waals surface area contributed by atoms with Crippen LogP contribution in [0, 0.1) is 11.6 Å². The lowest BCUT2D eigenvalue weighted by Gasteiger charge is -2.38. The summed E-state index contributed by atoms with van der Waals surface area (Å²) in [4.78, 5) is 34.6.